The second-order valence-electron chi connectivity index (χ2n) is 8.14. The second-order valence-corrected chi connectivity index (χ2v) is 10.2. The van der Waals surface area contributed by atoms with E-state index in [0.717, 1.165) is 0 Å². The van der Waals surface area contributed by atoms with Gasteiger partial charge in [-0.15, -0.1) is 0 Å². The van der Waals surface area contributed by atoms with Crippen molar-refractivity contribution in [1.82, 2.24) is 5.06 Å². The molecule has 8 heteroatoms. The molecule has 0 aromatic rings. The number of carbonyl (C=O) groups is 1. The van der Waals surface area contributed by atoms with E-state index < -0.39 is 36.4 Å². The Hall–Kier alpha value is -0.460. The van der Waals surface area contributed by atoms with Crippen molar-refractivity contribution in [3.63, 3.8) is 0 Å². The minimum Gasteiger partial charge on any atom is -0.467 e. The number of ether oxygens (including phenoxy) is 1. The lowest BCUT2D eigenvalue weighted by Gasteiger charge is -2.48. The molecule has 0 heterocycles. The first-order valence-corrected chi connectivity index (χ1v) is 10.8. The fourth-order valence-corrected chi connectivity index (χ4v) is 5.31. The summed E-state index contributed by atoms with van der Waals surface area (Å²) >= 11 is 0. The first kappa shape index (κ1) is 25.5. The van der Waals surface area contributed by atoms with Crippen molar-refractivity contribution >= 4 is 13.6 Å². The molecule has 0 aliphatic carbocycles. The normalized spacial score (nSPS) is 15.8. The van der Waals surface area contributed by atoms with E-state index in [1.165, 1.54) is 7.11 Å². The summed E-state index contributed by atoms with van der Waals surface area (Å²) in [7, 11) is -2.24. The SMILES string of the molecule is CCOP(=O)(OCC)C(N(OC(CC)C(=O)OC)C(C)(C)C)C(C)(C)C. The summed E-state index contributed by atoms with van der Waals surface area (Å²) in [6.07, 6.45) is -0.385. The zero-order valence-corrected chi connectivity index (χ0v) is 19.0. The number of methoxy groups -OCH3 is 1. The number of hydrogen-bond donors (Lipinski definition) is 0. The van der Waals surface area contributed by atoms with Crippen molar-refractivity contribution in [2.45, 2.75) is 86.2 Å². The molecule has 0 aromatic carbocycles. The quantitative estimate of drug-likeness (QED) is 0.304. The van der Waals surface area contributed by atoms with Crippen LogP contribution in [-0.2, 0) is 28.0 Å². The van der Waals surface area contributed by atoms with Gasteiger partial charge in [0.05, 0.1) is 20.3 Å². The molecule has 0 aromatic heterocycles. The molecule has 0 radical (unpaired) electrons. The van der Waals surface area contributed by atoms with Crippen molar-refractivity contribution in [3.05, 3.63) is 0 Å². The smallest absolute Gasteiger partial charge is 0.350 e. The number of nitrogens with zero attached hydrogens (tertiary/aromatic N) is 1. The van der Waals surface area contributed by atoms with Gasteiger partial charge in [-0.05, 0) is 46.5 Å². The number of esters is 1. The summed E-state index contributed by atoms with van der Waals surface area (Å²) in [6.45, 7) is 17.5. The summed E-state index contributed by atoms with van der Waals surface area (Å²) in [5.41, 5.74) is -1.08. The molecule has 0 amide bonds. The molecule has 156 valence electrons. The highest BCUT2D eigenvalue weighted by atomic mass is 31.2. The lowest BCUT2D eigenvalue weighted by molar-refractivity contribution is -0.266. The lowest BCUT2D eigenvalue weighted by atomic mass is 9.94. The van der Waals surface area contributed by atoms with Crippen LogP contribution < -0.4 is 0 Å². The van der Waals surface area contributed by atoms with E-state index in [4.69, 9.17) is 18.6 Å². The molecule has 0 bridgehead atoms. The van der Waals surface area contributed by atoms with E-state index >= 15 is 0 Å². The van der Waals surface area contributed by atoms with Crippen molar-refractivity contribution in [3.8, 4) is 0 Å². The van der Waals surface area contributed by atoms with Crippen LogP contribution in [0.25, 0.3) is 0 Å². The maximum atomic E-state index is 13.7. The molecular formula is C18H38NO6P. The standard InChI is InChI=1S/C18H38NO6P/c1-11-14(15(20)22-10)25-19(18(7,8)9)16(17(4,5)6)26(21,23-12-2)24-13-3/h14,16H,11-13H2,1-10H3. The molecule has 0 saturated heterocycles. The molecule has 0 fully saturated rings. The average Bonchev–Trinajstić information content (AvgIpc) is 2.48. The summed E-state index contributed by atoms with van der Waals surface area (Å²) in [4.78, 5) is 18.1. The lowest BCUT2D eigenvalue weighted by Crippen LogP contribution is -2.55. The fourth-order valence-electron chi connectivity index (χ4n) is 2.63. The van der Waals surface area contributed by atoms with Crippen LogP contribution in [0.5, 0.6) is 0 Å². The number of carbonyl (C=O) groups excluding carboxylic acids is 1. The highest BCUT2D eigenvalue weighted by Gasteiger charge is 2.52. The zero-order valence-electron chi connectivity index (χ0n) is 18.1. The van der Waals surface area contributed by atoms with E-state index in [1.54, 1.807) is 18.9 Å². The van der Waals surface area contributed by atoms with Crippen LogP contribution in [0, 0.1) is 5.41 Å². The van der Waals surface area contributed by atoms with Gasteiger partial charge in [-0.3, -0.25) is 9.40 Å². The summed E-state index contributed by atoms with van der Waals surface area (Å²) in [5.74, 6) is -1.19. The third kappa shape index (κ3) is 6.93. The largest absolute Gasteiger partial charge is 0.467 e. The van der Waals surface area contributed by atoms with Gasteiger partial charge in [0.1, 0.15) is 5.78 Å². The third-order valence-electron chi connectivity index (χ3n) is 3.65. The molecule has 0 aliphatic rings. The molecule has 0 saturated carbocycles. The molecule has 0 aliphatic heterocycles. The maximum absolute atomic E-state index is 13.7. The van der Waals surface area contributed by atoms with Gasteiger partial charge in [-0.1, -0.05) is 27.7 Å². The van der Waals surface area contributed by atoms with Crippen molar-refractivity contribution in [1.29, 1.82) is 0 Å². The topological polar surface area (TPSA) is 74.3 Å². The third-order valence-corrected chi connectivity index (χ3v) is 6.47. The predicted octanol–water partition coefficient (Wildman–Crippen LogP) is 4.61. The Kier molecular flexibility index (Phi) is 10.0. The van der Waals surface area contributed by atoms with Gasteiger partial charge in [-0.2, -0.15) is 5.06 Å². The number of rotatable bonds is 10. The van der Waals surface area contributed by atoms with Gasteiger partial charge in [0.25, 0.3) is 0 Å². The minimum absolute atomic E-state index is 0.246. The van der Waals surface area contributed by atoms with Crippen LogP contribution in [0.4, 0.5) is 0 Å². The van der Waals surface area contributed by atoms with Gasteiger partial charge < -0.3 is 13.8 Å². The van der Waals surface area contributed by atoms with Crippen LogP contribution >= 0.6 is 7.60 Å². The van der Waals surface area contributed by atoms with Gasteiger partial charge in [0.2, 0.25) is 0 Å². The first-order valence-electron chi connectivity index (χ1n) is 9.21. The molecule has 0 rings (SSSR count). The Morgan fingerprint density at radius 2 is 1.46 bits per heavy atom. The number of hydrogen-bond acceptors (Lipinski definition) is 7. The van der Waals surface area contributed by atoms with Crippen LogP contribution in [0.15, 0.2) is 0 Å². The predicted molar refractivity (Wildman–Crippen MR) is 103 cm³/mol. The van der Waals surface area contributed by atoms with Gasteiger partial charge in [0.15, 0.2) is 6.10 Å². The zero-order chi connectivity index (χ0) is 20.8. The highest BCUT2D eigenvalue weighted by molar-refractivity contribution is 7.54. The first-order chi connectivity index (χ1) is 11.8. The highest BCUT2D eigenvalue weighted by Crippen LogP contribution is 2.60. The monoisotopic (exact) mass is 395 g/mol. The summed E-state index contributed by atoms with van der Waals surface area (Å²) in [5, 5.41) is 1.60. The average molecular weight is 395 g/mol. The van der Waals surface area contributed by atoms with Crippen molar-refractivity contribution in [2.75, 3.05) is 20.3 Å². The van der Waals surface area contributed by atoms with E-state index in [9.17, 15) is 9.36 Å². The summed E-state index contributed by atoms with van der Waals surface area (Å²) in [6, 6.07) is 0. The van der Waals surface area contributed by atoms with Gasteiger partial charge in [-0.25, -0.2) is 4.79 Å². The second kappa shape index (κ2) is 10.2. The molecule has 0 spiro atoms. The van der Waals surface area contributed by atoms with Crippen LogP contribution in [0.3, 0.4) is 0 Å². The van der Waals surface area contributed by atoms with Crippen molar-refractivity contribution < 1.29 is 28.0 Å². The molecule has 0 N–H and O–H groups in total. The molecule has 2 unspecified atom stereocenters. The Bertz CT molecular complexity index is 473. The van der Waals surface area contributed by atoms with E-state index in [2.05, 4.69) is 0 Å². The minimum atomic E-state index is -3.56. The van der Waals surface area contributed by atoms with E-state index in [1.807, 2.05) is 48.5 Å². The van der Waals surface area contributed by atoms with E-state index in [-0.39, 0.29) is 13.2 Å². The Labute approximate surface area is 159 Å². The molecule has 7 nitrogen and oxygen atoms in total. The number of hydroxylamine groups is 2. The Morgan fingerprint density at radius 3 is 1.73 bits per heavy atom. The van der Waals surface area contributed by atoms with Crippen LogP contribution in [0.1, 0.15) is 68.7 Å². The van der Waals surface area contributed by atoms with E-state index in [0.29, 0.717) is 6.42 Å². The molecule has 2 atom stereocenters. The molecule has 26 heavy (non-hydrogen) atoms. The van der Waals surface area contributed by atoms with Crippen LogP contribution in [-0.4, -0.2) is 48.8 Å². The Balaban J connectivity index is 6.23. The Morgan fingerprint density at radius 1 is 1.00 bits per heavy atom. The van der Waals surface area contributed by atoms with Crippen LogP contribution in [0.2, 0.25) is 0 Å². The van der Waals surface area contributed by atoms with Gasteiger partial charge in [0, 0.05) is 5.54 Å². The molecular weight excluding hydrogens is 357 g/mol. The van der Waals surface area contributed by atoms with Gasteiger partial charge >= 0.3 is 13.6 Å². The maximum Gasteiger partial charge on any atom is 0.350 e. The summed E-state index contributed by atoms with van der Waals surface area (Å²) < 4.78 is 29.8. The fraction of sp³-hybridized carbons (Fsp3) is 0.944. The van der Waals surface area contributed by atoms with Crippen molar-refractivity contribution in [2.24, 2.45) is 5.41 Å².